The highest BCUT2D eigenvalue weighted by Gasteiger charge is 2.28. The molecule has 0 fully saturated rings. The molecule has 5 nitrogen and oxygen atoms in total. The van der Waals surface area contributed by atoms with Gasteiger partial charge >= 0.3 is 5.69 Å². The van der Waals surface area contributed by atoms with Crippen molar-refractivity contribution < 1.29 is 4.74 Å². The first-order valence-corrected chi connectivity index (χ1v) is 6.98. The quantitative estimate of drug-likeness (QED) is 0.849. The van der Waals surface area contributed by atoms with E-state index in [2.05, 4.69) is 20.9 Å². The van der Waals surface area contributed by atoms with Crippen molar-refractivity contribution in [2.24, 2.45) is 0 Å². The highest BCUT2D eigenvalue weighted by atomic mass is 79.9. The Morgan fingerprint density at radius 3 is 2.74 bits per heavy atom. The first-order chi connectivity index (χ1) is 9.20. The molecule has 19 heavy (non-hydrogen) atoms. The van der Waals surface area contributed by atoms with Crippen LogP contribution in [0.1, 0.15) is 0 Å². The van der Waals surface area contributed by atoms with Crippen LogP contribution < -0.4 is 16.0 Å². The molecule has 1 atom stereocenters. The third kappa shape index (κ3) is 2.02. The SMILES string of the molecule is O=c1[nH]c(=O)n2c(c1-c1ccccc1)O[C@@H](CBr)C2. The molecule has 2 aromatic rings. The van der Waals surface area contributed by atoms with Gasteiger partial charge in [0.25, 0.3) is 5.56 Å². The van der Waals surface area contributed by atoms with Gasteiger partial charge in [0.15, 0.2) is 0 Å². The van der Waals surface area contributed by atoms with Crippen LogP contribution >= 0.6 is 15.9 Å². The summed E-state index contributed by atoms with van der Waals surface area (Å²) in [6.45, 7) is 0.441. The molecule has 98 valence electrons. The van der Waals surface area contributed by atoms with Gasteiger partial charge in [0.2, 0.25) is 5.88 Å². The highest BCUT2D eigenvalue weighted by Crippen LogP contribution is 2.30. The minimum Gasteiger partial charge on any atom is -0.472 e. The number of benzene rings is 1. The molecule has 1 aromatic heterocycles. The van der Waals surface area contributed by atoms with Gasteiger partial charge in [-0.3, -0.25) is 14.3 Å². The van der Waals surface area contributed by atoms with Crippen molar-refractivity contribution in [1.82, 2.24) is 9.55 Å². The lowest BCUT2D eigenvalue weighted by molar-refractivity contribution is 0.261. The number of nitrogens with one attached hydrogen (secondary N) is 1. The molecule has 6 heteroatoms. The largest absolute Gasteiger partial charge is 0.472 e. The average Bonchev–Trinajstić information content (AvgIpc) is 2.84. The van der Waals surface area contributed by atoms with E-state index < -0.39 is 11.2 Å². The third-order valence-corrected chi connectivity index (χ3v) is 3.77. The van der Waals surface area contributed by atoms with E-state index in [4.69, 9.17) is 4.74 Å². The maximum Gasteiger partial charge on any atom is 0.331 e. The lowest BCUT2D eigenvalue weighted by Gasteiger charge is -2.08. The number of H-pyrrole nitrogens is 1. The second-order valence-corrected chi connectivity index (χ2v) is 4.96. The van der Waals surface area contributed by atoms with Crippen molar-refractivity contribution >= 4 is 15.9 Å². The summed E-state index contributed by atoms with van der Waals surface area (Å²) in [5, 5.41) is 0.608. The molecule has 0 saturated heterocycles. The predicted molar refractivity (Wildman–Crippen MR) is 75.0 cm³/mol. The zero-order valence-corrected chi connectivity index (χ0v) is 11.5. The first kappa shape index (κ1) is 12.2. The fourth-order valence-corrected chi connectivity index (χ4v) is 2.52. The molecule has 0 radical (unpaired) electrons. The van der Waals surface area contributed by atoms with Gasteiger partial charge in [0.05, 0.1) is 6.54 Å². The molecule has 1 N–H and O–H groups in total. The van der Waals surface area contributed by atoms with Crippen LogP contribution in [0.15, 0.2) is 39.9 Å². The molecule has 1 aromatic carbocycles. The van der Waals surface area contributed by atoms with Crippen molar-refractivity contribution in [2.45, 2.75) is 12.6 Å². The number of alkyl halides is 1. The summed E-state index contributed by atoms with van der Waals surface area (Å²) < 4.78 is 7.17. The minimum atomic E-state index is -0.428. The van der Waals surface area contributed by atoms with E-state index in [0.717, 1.165) is 5.56 Å². The maximum absolute atomic E-state index is 12.0. The number of nitrogens with zero attached hydrogens (tertiary/aromatic N) is 1. The topological polar surface area (TPSA) is 64.1 Å². The van der Waals surface area contributed by atoms with E-state index in [0.29, 0.717) is 23.3 Å². The van der Waals surface area contributed by atoms with Crippen LogP contribution in [0.25, 0.3) is 11.1 Å². The van der Waals surface area contributed by atoms with Gasteiger partial charge < -0.3 is 4.74 Å². The molecule has 1 aliphatic heterocycles. The molecular weight excluding hydrogens is 312 g/mol. The average molecular weight is 323 g/mol. The van der Waals surface area contributed by atoms with E-state index in [-0.39, 0.29) is 6.10 Å². The molecule has 0 amide bonds. The van der Waals surface area contributed by atoms with Crippen LogP contribution in [-0.4, -0.2) is 21.0 Å². The number of hydrogen-bond donors (Lipinski definition) is 1. The fraction of sp³-hybridized carbons (Fsp3) is 0.231. The van der Waals surface area contributed by atoms with Crippen LogP contribution in [0.2, 0.25) is 0 Å². The lowest BCUT2D eigenvalue weighted by atomic mass is 10.1. The van der Waals surface area contributed by atoms with Crippen molar-refractivity contribution in [3.8, 4) is 17.0 Å². The van der Waals surface area contributed by atoms with Crippen molar-refractivity contribution in [1.29, 1.82) is 0 Å². The molecule has 0 aliphatic carbocycles. The highest BCUT2D eigenvalue weighted by molar-refractivity contribution is 9.09. The summed E-state index contributed by atoms with van der Waals surface area (Å²) in [5.74, 6) is 0.351. The van der Waals surface area contributed by atoms with Gasteiger partial charge in [-0.15, -0.1) is 0 Å². The van der Waals surface area contributed by atoms with Crippen LogP contribution in [0.3, 0.4) is 0 Å². The molecule has 1 aliphatic rings. The van der Waals surface area contributed by atoms with Crippen LogP contribution in [0.5, 0.6) is 5.88 Å². The van der Waals surface area contributed by atoms with Gasteiger partial charge in [-0.05, 0) is 5.56 Å². The zero-order valence-electron chi connectivity index (χ0n) is 9.93. The van der Waals surface area contributed by atoms with Crippen LogP contribution in [0.4, 0.5) is 0 Å². The number of rotatable bonds is 2. The molecule has 0 unspecified atom stereocenters. The fourth-order valence-electron chi connectivity index (χ4n) is 2.18. The number of halogens is 1. The zero-order chi connectivity index (χ0) is 13.4. The number of aromatic amines is 1. The third-order valence-electron chi connectivity index (χ3n) is 3.05. The second-order valence-electron chi connectivity index (χ2n) is 4.31. The standard InChI is InChI=1S/C13H11BrN2O3/c14-6-9-7-16-12(19-9)10(11(17)15-13(16)18)8-4-2-1-3-5-8/h1-5,9H,6-7H2,(H,15,17,18)/t9-/m0/s1. The number of aromatic nitrogens is 2. The van der Waals surface area contributed by atoms with E-state index in [1.54, 1.807) is 0 Å². The maximum atomic E-state index is 12.0. The van der Waals surface area contributed by atoms with Crippen molar-refractivity contribution in [3.63, 3.8) is 0 Å². The van der Waals surface area contributed by atoms with Gasteiger partial charge in [0.1, 0.15) is 11.7 Å². The Balaban J connectivity index is 2.26. The van der Waals surface area contributed by atoms with Crippen LogP contribution in [-0.2, 0) is 6.54 Å². The molecule has 0 bridgehead atoms. The van der Waals surface area contributed by atoms with E-state index >= 15 is 0 Å². The Bertz CT molecular complexity index is 721. The summed E-state index contributed by atoms with van der Waals surface area (Å²) >= 11 is 3.33. The van der Waals surface area contributed by atoms with Gasteiger partial charge in [-0.1, -0.05) is 46.3 Å². The molecule has 0 spiro atoms. The monoisotopic (exact) mass is 322 g/mol. The molecule has 0 saturated carbocycles. The molecule has 3 rings (SSSR count). The Labute approximate surface area is 117 Å². The van der Waals surface area contributed by atoms with E-state index in [1.807, 2.05) is 30.3 Å². The molecular formula is C13H11BrN2O3. The first-order valence-electron chi connectivity index (χ1n) is 5.86. The summed E-state index contributed by atoms with van der Waals surface area (Å²) in [7, 11) is 0. The van der Waals surface area contributed by atoms with Crippen molar-refractivity contribution in [2.75, 3.05) is 5.33 Å². The van der Waals surface area contributed by atoms with Crippen molar-refractivity contribution in [3.05, 3.63) is 51.2 Å². The lowest BCUT2D eigenvalue weighted by Crippen LogP contribution is -2.29. The summed E-state index contributed by atoms with van der Waals surface area (Å²) in [6.07, 6.45) is -0.134. The normalized spacial score (nSPS) is 17.0. The Morgan fingerprint density at radius 2 is 2.05 bits per heavy atom. The minimum absolute atomic E-state index is 0.134. The van der Waals surface area contributed by atoms with Gasteiger partial charge in [-0.25, -0.2) is 4.79 Å². The Kier molecular flexibility index (Phi) is 3.02. The Hall–Kier alpha value is -1.82. The summed E-state index contributed by atoms with van der Waals surface area (Å²) in [6, 6.07) is 9.19. The van der Waals surface area contributed by atoms with Gasteiger partial charge in [0, 0.05) is 5.33 Å². The second kappa shape index (κ2) is 4.70. The Morgan fingerprint density at radius 1 is 1.32 bits per heavy atom. The number of fused-ring (bicyclic) bond motifs is 1. The van der Waals surface area contributed by atoms with Gasteiger partial charge in [-0.2, -0.15) is 0 Å². The summed E-state index contributed by atoms with van der Waals surface area (Å²) in [4.78, 5) is 26.2. The van der Waals surface area contributed by atoms with Crippen LogP contribution in [0, 0.1) is 0 Å². The smallest absolute Gasteiger partial charge is 0.331 e. The molecule has 2 heterocycles. The summed E-state index contributed by atoms with van der Waals surface area (Å²) in [5.41, 5.74) is 0.298. The van der Waals surface area contributed by atoms with E-state index in [9.17, 15) is 9.59 Å². The van der Waals surface area contributed by atoms with E-state index in [1.165, 1.54) is 4.57 Å². The predicted octanol–water partition coefficient (Wildman–Crippen LogP) is 1.36. The number of ether oxygens (including phenoxy) is 1. The number of hydrogen-bond acceptors (Lipinski definition) is 3.